The zero-order chi connectivity index (χ0) is 29.5. The molecule has 0 heterocycles. The number of hydrogen-bond acceptors (Lipinski definition) is 7. The standard InChI is InChI=1S/C29H45N3O7/c1-9-17(3)23(31-28(37)39-29(6,7)8)27(36)32(21-16-19(21)5)24(20-13-11-12-18(4)25(20)34)26(35)30-15-14-22(33)38-10-2/h11-13,17,19,21,23-24,34H,9-10,14-16H2,1-8H3,(H,30,35)(H,31,37). The summed E-state index contributed by atoms with van der Waals surface area (Å²) in [5.41, 5.74) is 0.0710. The molecular formula is C29H45N3O7. The molecule has 0 saturated heterocycles. The average molecular weight is 548 g/mol. The van der Waals surface area contributed by atoms with E-state index in [0.29, 0.717) is 18.4 Å². The SMILES string of the molecule is CCOC(=O)CCNC(=O)C(c1cccc(C)c1O)N(C(=O)C(NC(=O)OC(C)(C)C)C(C)CC)C1CC1C. The molecule has 2 rings (SSSR count). The smallest absolute Gasteiger partial charge is 0.408 e. The quantitative estimate of drug-likeness (QED) is 0.337. The number of carbonyl (C=O) groups excluding carboxylic acids is 4. The first-order valence-corrected chi connectivity index (χ1v) is 13.7. The van der Waals surface area contributed by atoms with Crippen molar-refractivity contribution < 1.29 is 33.8 Å². The van der Waals surface area contributed by atoms with Crippen molar-refractivity contribution in [2.24, 2.45) is 11.8 Å². The van der Waals surface area contributed by atoms with Crippen LogP contribution in [0.5, 0.6) is 5.75 Å². The van der Waals surface area contributed by atoms with Gasteiger partial charge in [0.1, 0.15) is 23.4 Å². The van der Waals surface area contributed by atoms with Crippen molar-refractivity contribution in [1.29, 1.82) is 0 Å². The number of rotatable bonds is 12. The summed E-state index contributed by atoms with van der Waals surface area (Å²) < 4.78 is 10.4. The second-order valence-electron chi connectivity index (χ2n) is 11.3. The van der Waals surface area contributed by atoms with E-state index in [1.807, 2.05) is 20.8 Å². The number of aryl methyl sites for hydroxylation is 1. The van der Waals surface area contributed by atoms with Crippen LogP contribution < -0.4 is 10.6 Å². The highest BCUT2D eigenvalue weighted by Crippen LogP contribution is 2.43. The Balaban J connectivity index is 2.50. The largest absolute Gasteiger partial charge is 0.507 e. The number of alkyl carbamates (subject to hydrolysis) is 1. The van der Waals surface area contributed by atoms with Gasteiger partial charge < -0.3 is 30.1 Å². The fourth-order valence-electron chi connectivity index (χ4n) is 4.39. The lowest BCUT2D eigenvalue weighted by atomic mass is 9.94. The maximum atomic E-state index is 14.3. The van der Waals surface area contributed by atoms with Crippen molar-refractivity contribution in [2.75, 3.05) is 13.2 Å². The van der Waals surface area contributed by atoms with Crippen molar-refractivity contribution in [3.63, 3.8) is 0 Å². The van der Waals surface area contributed by atoms with Crippen LogP contribution in [-0.4, -0.2) is 64.7 Å². The van der Waals surface area contributed by atoms with Crippen LogP contribution in [0.1, 0.15) is 84.9 Å². The number of hydrogen-bond donors (Lipinski definition) is 3. The summed E-state index contributed by atoms with van der Waals surface area (Å²) in [6, 6.07) is 2.64. The monoisotopic (exact) mass is 547 g/mol. The third-order valence-electron chi connectivity index (χ3n) is 6.85. The molecule has 0 aliphatic heterocycles. The highest BCUT2D eigenvalue weighted by Gasteiger charge is 2.49. The van der Waals surface area contributed by atoms with Crippen molar-refractivity contribution >= 4 is 23.9 Å². The van der Waals surface area contributed by atoms with Gasteiger partial charge in [-0.1, -0.05) is 45.4 Å². The van der Waals surface area contributed by atoms with E-state index in [4.69, 9.17) is 9.47 Å². The van der Waals surface area contributed by atoms with E-state index in [9.17, 15) is 24.3 Å². The van der Waals surface area contributed by atoms with Crippen molar-refractivity contribution in [3.8, 4) is 5.75 Å². The van der Waals surface area contributed by atoms with Gasteiger partial charge in [-0.2, -0.15) is 0 Å². The second-order valence-corrected chi connectivity index (χ2v) is 11.3. The Morgan fingerprint density at radius 2 is 1.82 bits per heavy atom. The van der Waals surface area contributed by atoms with Gasteiger partial charge in [0, 0.05) is 18.2 Å². The molecule has 5 unspecified atom stereocenters. The lowest BCUT2D eigenvalue weighted by Gasteiger charge is -2.36. The molecule has 3 N–H and O–H groups in total. The first-order chi connectivity index (χ1) is 18.2. The lowest BCUT2D eigenvalue weighted by Crippen LogP contribution is -2.56. The number of benzene rings is 1. The number of ether oxygens (including phenoxy) is 2. The first kappa shape index (κ1) is 31.9. The fourth-order valence-corrected chi connectivity index (χ4v) is 4.39. The topological polar surface area (TPSA) is 134 Å². The Kier molecular flexibility index (Phi) is 11.2. The Morgan fingerprint density at radius 3 is 2.36 bits per heavy atom. The molecule has 39 heavy (non-hydrogen) atoms. The molecule has 1 aliphatic rings. The summed E-state index contributed by atoms with van der Waals surface area (Å²) in [5, 5.41) is 16.5. The molecule has 0 aromatic heterocycles. The van der Waals surface area contributed by atoms with Crippen LogP contribution in [-0.2, 0) is 23.9 Å². The van der Waals surface area contributed by atoms with E-state index in [1.54, 1.807) is 52.8 Å². The molecule has 0 radical (unpaired) electrons. The Morgan fingerprint density at radius 1 is 1.18 bits per heavy atom. The van der Waals surface area contributed by atoms with Crippen LogP contribution in [0.15, 0.2) is 18.2 Å². The van der Waals surface area contributed by atoms with Crippen LogP contribution in [0.4, 0.5) is 4.79 Å². The maximum Gasteiger partial charge on any atom is 0.408 e. The van der Waals surface area contributed by atoms with Gasteiger partial charge >= 0.3 is 12.1 Å². The van der Waals surface area contributed by atoms with Crippen LogP contribution in [0, 0.1) is 18.8 Å². The summed E-state index contributed by atoms with van der Waals surface area (Å²) in [6.07, 6.45) is 0.505. The molecule has 1 aromatic carbocycles. The van der Waals surface area contributed by atoms with Gasteiger partial charge in [-0.15, -0.1) is 0 Å². The minimum Gasteiger partial charge on any atom is -0.507 e. The molecule has 0 bridgehead atoms. The molecule has 5 atom stereocenters. The predicted molar refractivity (Wildman–Crippen MR) is 147 cm³/mol. The minimum atomic E-state index is -1.18. The van der Waals surface area contributed by atoms with E-state index in [1.165, 1.54) is 4.90 Å². The van der Waals surface area contributed by atoms with Crippen LogP contribution in [0.25, 0.3) is 0 Å². The Labute approximate surface area is 231 Å². The van der Waals surface area contributed by atoms with Gasteiger partial charge in [-0.3, -0.25) is 14.4 Å². The highest BCUT2D eigenvalue weighted by molar-refractivity contribution is 5.93. The predicted octanol–water partition coefficient (Wildman–Crippen LogP) is 3.99. The lowest BCUT2D eigenvalue weighted by molar-refractivity contribution is -0.145. The summed E-state index contributed by atoms with van der Waals surface area (Å²) in [6.45, 7) is 14.6. The number of carbonyl (C=O) groups is 4. The normalized spacial score (nSPS) is 18.8. The summed E-state index contributed by atoms with van der Waals surface area (Å²) >= 11 is 0. The second kappa shape index (κ2) is 13.7. The zero-order valence-electron chi connectivity index (χ0n) is 24.5. The number of nitrogens with one attached hydrogen (secondary N) is 2. The molecule has 1 aliphatic carbocycles. The molecule has 10 nitrogen and oxygen atoms in total. The van der Waals surface area contributed by atoms with Gasteiger partial charge in [-0.25, -0.2) is 4.79 Å². The minimum absolute atomic E-state index is 0.00788. The Hall–Kier alpha value is -3.30. The number of esters is 1. The molecule has 218 valence electrons. The average Bonchev–Trinajstić information content (AvgIpc) is 3.56. The third kappa shape index (κ3) is 8.86. The number of amides is 3. The molecule has 3 amide bonds. The van der Waals surface area contributed by atoms with Gasteiger partial charge in [0.15, 0.2) is 0 Å². The van der Waals surface area contributed by atoms with Crippen LogP contribution in [0.2, 0.25) is 0 Å². The number of aromatic hydroxyl groups is 1. The van der Waals surface area contributed by atoms with Gasteiger partial charge in [-0.05, 0) is 58.4 Å². The number of phenols is 1. The Bertz CT molecular complexity index is 1040. The molecule has 0 spiro atoms. The maximum absolute atomic E-state index is 14.3. The third-order valence-corrected chi connectivity index (χ3v) is 6.85. The van der Waals surface area contributed by atoms with E-state index < -0.39 is 41.6 Å². The molecule has 1 fully saturated rings. The molecule has 10 heteroatoms. The number of nitrogens with zero attached hydrogens (tertiary/aromatic N) is 1. The van der Waals surface area contributed by atoms with Crippen molar-refractivity contribution in [1.82, 2.24) is 15.5 Å². The van der Waals surface area contributed by atoms with E-state index in [0.717, 1.165) is 0 Å². The number of para-hydroxylation sites is 1. The van der Waals surface area contributed by atoms with Crippen molar-refractivity contribution in [3.05, 3.63) is 29.3 Å². The molecular weight excluding hydrogens is 502 g/mol. The van der Waals surface area contributed by atoms with Crippen LogP contribution in [0.3, 0.4) is 0 Å². The van der Waals surface area contributed by atoms with Crippen molar-refractivity contribution in [2.45, 2.75) is 98.4 Å². The van der Waals surface area contributed by atoms with Gasteiger partial charge in [0.25, 0.3) is 0 Å². The first-order valence-electron chi connectivity index (χ1n) is 13.7. The zero-order valence-corrected chi connectivity index (χ0v) is 24.5. The number of phenolic OH excluding ortho intramolecular Hbond substituents is 1. The fraction of sp³-hybridized carbons (Fsp3) is 0.655. The highest BCUT2D eigenvalue weighted by atomic mass is 16.6. The van der Waals surface area contributed by atoms with E-state index in [2.05, 4.69) is 10.6 Å². The van der Waals surface area contributed by atoms with E-state index >= 15 is 0 Å². The van der Waals surface area contributed by atoms with Crippen LogP contribution >= 0.6 is 0 Å². The molecule has 1 saturated carbocycles. The van der Waals surface area contributed by atoms with Gasteiger partial charge in [0.05, 0.1) is 13.0 Å². The summed E-state index contributed by atoms with van der Waals surface area (Å²) in [7, 11) is 0. The van der Waals surface area contributed by atoms with E-state index in [-0.39, 0.29) is 48.8 Å². The van der Waals surface area contributed by atoms with Gasteiger partial charge in [0.2, 0.25) is 11.8 Å². The summed E-state index contributed by atoms with van der Waals surface area (Å²) in [4.78, 5) is 54.1. The molecule has 1 aromatic rings. The summed E-state index contributed by atoms with van der Waals surface area (Å²) in [5.74, 6) is -1.65.